The van der Waals surface area contributed by atoms with Crippen molar-refractivity contribution in [1.82, 2.24) is 4.90 Å². The largest absolute Gasteiger partial charge is 0.486 e. The molecule has 1 amide bonds. The number of rotatable bonds is 3. The number of nitrogens with zero attached hydrogens (tertiary/aromatic N) is 1. The highest BCUT2D eigenvalue weighted by Gasteiger charge is 2.27. The van der Waals surface area contributed by atoms with E-state index in [-0.39, 0.29) is 17.8 Å². The van der Waals surface area contributed by atoms with Gasteiger partial charge in [0.25, 0.3) is 5.91 Å². The maximum absolute atomic E-state index is 13.2. The van der Waals surface area contributed by atoms with Crippen molar-refractivity contribution in [2.75, 3.05) is 32.9 Å². The highest BCUT2D eigenvalue weighted by Crippen LogP contribution is 2.37. The molecule has 154 valence electrons. The number of amides is 1. The molecule has 3 aromatic rings. The van der Waals surface area contributed by atoms with Crippen LogP contribution in [0.5, 0.6) is 11.5 Å². The second-order valence-electron chi connectivity index (χ2n) is 7.18. The number of hydrogen-bond donors (Lipinski definition) is 0. The van der Waals surface area contributed by atoms with Crippen molar-refractivity contribution in [1.29, 1.82) is 0 Å². The Morgan fingerprint density at radius 2 is 1.77 bits per heavy atom. The van der Waals surface area contributed by atoms with E-state index in [0.717, 1.165) is 27.5 Å². The van der Waals surface area contributed by atoms with E-state index >= 15 is 0 Å². The standard InChI is InChI=1S/C23H20FNO4S/c24-17-4-1-15(2-5-17)20-14-25(9-10-27-20)23(26)22-8-7-21(30-22)16-3-6-18-19(13-16)29-12-11-28-18/h1-8,13,20H,9-12,14H2. The molecule has 0 saturated carbocycles. The average molecular weight is 425 g/mol. The molecule has 1 saturated heterocycles. The summed E-state index contributed by atoms with van der Waals surface area (Å²) < 4.78 is 30.2. The number of fused-ring (bicyclic) bond motifs is 1. The molecule has 3 heterocycles. The fourth-order valence-corrected chi connectivity index (χ4v) is 4.64. The van der Waals surface area contributed by atoms with Gasteiger partial charge in [0.2, 0.25) is 0 Å². The molecule has 1 aromatic heterocycles. The molecule has 0 radical (unpaired) electrons. The molecule has 5 rings (SSSR count). The summed E-state index contributed by atoms with van der Waals surface area (Å²) in [6.07, 6.45) is -0.250. The van der Waals surface area contributed by atoms with Gasteiger partial charge in [-0.15, -0.1) is 11.3 Å². The van der Waals surface area contributed by atoms with Crippen molar-refractivity contribution >= 4 is 17.2 Å². The fraction of sp³-hybridized carbons (Fsp3) is 0.261. The van der Waals surface area contributed by atoms with E-state index in [2.05, 4.69) is 0 Å². The molecule has 2 aromatic carbocycles. The van der Waals surface area contributed by atoms with Crippen LogP contribution in [-0.4, -0.2) is 43.7 Å². The van der Waals surface area contributed by atoms with Crippen LogP contribution in [0.25, 0.3) is 10.4 Å². The van der Waals surface area contributed by atoms with Gasteiger partial charge < -0.3 is 19.1 Å². The minimum atomic E-state index is -0.284. The third kappa shape index (κ3) is 3.78. The SMILES string of the molecule is O=C(c1ccc(-c2ccc3c(c2)OCCO3)s1)N1CCOC(c2ccc(F)cc2)C1. The van der Waals surface area contributed by atoms with E-state index in [4.69, 9.17) is 14.2 Å². The number of carbonyl (C=O) groups is 1. The number of benzene rings is 2. The van der Waals surface area contributed by atoms with Crippen LogP contribution in [0, 0.1) is 5.82 Å². The molecule has 0 N–H and O–H groups in total. The van der Waals surface area contributed by atoms with Gasteiger partial charge in [0.1, 0.15) is 25.1 Å². The van der Waals surface area contributed by atoms with Gasteiger partial charge in [0.05, 0.1) is 18.0 Å². The molecule has 1 fully saturated rings. The molecule has 1 atom stereocenters. The molecule has 5 nitrogen and oxygen atoms in total. The van der Waals surface area contributed by atoms with Crippen LogP contribution in [0.2, 0.25) is 0 Å². The van der Waals surface area contributed by atoms with Gasteiger partial charge in [-0.2, -0.15) is 0 Å². The number of hydrogen-bond acceptors (Lipinski definition) is 5. The van der Waals surface area contributed by atoms with Crippen molar-refractivity contribution in [2.24, 2.45) is 0 Å². The van der Waals surface area contributed by atoms with Gasteiger partial charge in [0.15, 0.2) is 11.5 Å². The lowest BCUT2D eigenvalue weighted by atomic mass is 10.1. The number of ether oxygens (including phenoxy) is 3. The number of carbonyl (C=O) groups excluding carboxylic acids is 1. The van der Waals surface area contributed by atoms with Crippen LogP contribution in [0.15, 0.2) is 54.6 Å². The lowest BCUT2D eigenvalue weighted by Gasteiger charge is -2.33. The Morgan fingerprint density at radius 3 is 2.60 bits per heavy atom. The van der Waals surface area contributed by atoms with Gasteiger partial charge in [-0.3, -0.25) is 4.79 Å². The van der Waals surface area contributed by atoms with E-state index in [9.17, 15) is 9.18 Å². The first-order chi connectivity index (χ1) is 14.7. The van der Waals surface area contributed by atoms with Crippen LogP contribution in [0.3, 0.4) is 0 Å². The topological polar surface area (TPSA) is 48.0 Å². The van der Waals surface area contributed by atoms with Gasteiger partial charge in [0, 0.05) is 11.4 Å². The van der Waals surface area contributed by atoms with Gasteiger partial charge in [-0.05, 0) is 53.6 Å². The number of morpholine rings is 1. The van der Waals surface area contributed by atoms with Crippen molar-refractivity contribution in [2.45, 2.75) is 6.10 Å². The summed E-state index contributed by atoms with van der Waals surface area (Å²) in [5.41, 5.74) is 1.87. The quantitative estimate of drug-likeness (QED) is 0.618. The summed E-state index contributed by atoms with van der Waals surface area (Å²) in [5.74, 6) is 1.18. The van der Waals surface area contributed by atoms with Crippen LogP contribution in [-0.2, 0) is 4.74 Å². The van der Waals surface area contributed by atoms with Gasteiger partial charge in [-0.1, -0.05) is 12.1 Å². The molecular formula is C23H20FNO4S. The minimum absolute atomic E-state index is 0.0146. The third-order valence-electron chi connectivity index (χ3n) is 5.24. The summed E-state index contributed by atoms with van der Waals surface area (Å²) in [7, 11) is 0. The van der Waals surface area contributed by atoms with E-state index in [1.807, 2.05) is 30.3 Å². The Labute approximate surface area is 177 Å². The average Bonchev–Trinajstić information content (AvgIpc) is 3.29. The minimum Gasteiger partial charge on any atom is -0.486 e. The number of halogens is 1. The Hall–Kier alpha value is -2.90. The summed E-state index contributed by atoms with van der Waals surface area (Å²) in [6.45, 7) is 2.53. The first kappa shape index (κ1) is 19.1. The molecule has 30 heavy (non-hydrogen) atoms. The summed E-state index contributed by atoms with van der Waals surface area (Å²) in [4.78, 5) is 16.6. The Morgan fingerprint density at radius 1 is 0.967 bits per heavy atom. The molecule has 0 bridgehead atoms. The third-order valence-corrected chi connectivity index (χ3v) is 6.36. The predicted octanol–water partition coefficient (Wildman–Crippen LogP) is 4.54. The smallest absolute Gasteiger partial charge is 0.264 e. The van der Waals surface area contributed by atoms with Crippen LogP contribution in [0.1, 0.15) is 21.3 Å². The lowest BCUT2D eigenvalue weighted by molar-refractivity contribution is -0.0226. The van der Waals surface area contributed by atoms with Gasteiger partial charge in [-0.25, -0.2) is 4.39 Å². The van der Waals surface area contributed by atoms with Crippen LogP contribution < -0.4 is 9.47 Å². The van der Waals surface area contributed by atoms with E-state index in [0.29, 0.717) is 37.8 Å². The second-order valence-corrected chi connectivity index (χ2v) is 8.27. The van der Waals surface area contributed by atoms with Gasteiger partial charge >= 0.3 is 0 Å². The molecular weight excluding hydrogens is 405 g/mol. The summed E-state index contributed by atoms with van der Waals surface area (Å²) in [5, 5.41) is 0. The zero-order valence-corrected chi connectivity index (χ0v) is 17.0. The maximum Gasteiger partial charge on any atom is 0.264 e. The molecule has 0 aliphatic carbocycles. The maximum atomic E-state index is 13.2. The summed E-state index contributed by atoms with van der Waals surface area (Å²) >= 11 is 1.46. The van der Waals surface area contributed by atoms with Crippen molar-refractivity contribution < 1.29 is 23.4 Å². The normalized spacial score (nSPS) is 18.3. The molecule has 7 heteroatoms. The first-order valence-corrected chi connectivity index (χ1v) is 10.7. The highest BCUT2D eigenvalue weighted by molar-refractivity contribution is 7.17. The fourth-order valence-electron chi connectivity index (χ4n) is 3.67. The second kappa shape index (κ2) is 8.08. The van der Waals surface area contributed by atoms with Crippen molar-refractivity contribution in [3.63, 3.8) is 0 Å². The zero-order chi connectivity index (χ0) is 20.5. The lowest BCUT2D eigenvalue weighted by Crippen LogP contribution is -2.42. The molecule has 0 spiro atoms. The van der Waals surface area contributed by atoms with Crippen LogP contribution >= 0.6 is 11.3 Å². The van der Waals surface area contributed by atoms with E-state index in [1.54, 1.807) is 17.0 Å². The Balaban J connectivity index is 1.32. The molecule has 2 aliphatic rings. The van der Waals surface area contributed by atoms with E-state index < -0.39 is 0 Å². The predicted molar refractivity (Wildman–Crippen MR) is 112 cm³/mol. The Bertz CT molecular complexity index is 1070. The van der Waals surface area contributed by atoms with Crippen molar-refractivity contribution in [3.8, 4) is 21.9 Å². The molecule has 1 unspecified atom stereocenters. The van der Waals surface area contributed by atoms with Crippen LogP contribution in [0.4, 0.5) is 4.39 Å². The number of thiophene rings is 1. The van der Waals surface area contributed by atoms with Crippen molar-refractivity contribution in [3.05, 3.63) is 70.9 Å². The molecule has 2 aliphatic heterocycles. The highest BCUT2D eigenvalue weighted by atomic mass is 32.1. The first-order valence-electron chi connectivity index (χ1n) is 9.83. The monoisotopic (exact) mass is 425 g/mol. The zero-order valence-electron chi connectivity index (χ0n) is 16.2. The summed E-state index contributed by atoms with van der Waals surface area (Å²) in [6, 6.07) is 15.9. The Kier molecular flexibility index (Phi) is 5.14. The van der Waals surface area contributed by atoms with E-state index in [1.165, 1.54) is 23.5 Å².